The van der Waals surface area contributed by atoms with Crippen LogP contribution in [0.15, 0.2) is 54.6 Å². The lowest BCUT2D eigenvalue weighted by atomic mass is 9.69. The van der Waals surface area contributed by atoms with Crippen molar-refractivity contribution in [1.82, 2.24) is 20.1 Å². The largest absolute Gasteiger partial charge is 0.438 e. The predicted octanol–water partition coefficient (Wildman–Crippen LogP) is 6.35. The van der Waals surface area contributed by atoms with Gasteiger partial charge in [0.25, 0.3) is 5.91 Å². The van der Waals surface area contributed by atoms with Crippen LogP contribution in [0.1, 0.15) is 59.1 Å². The average molecular weight is 576 g/mol. The number of nitrogens with zero attached hydrogens (tertiary/aromatic N) is 4. The number of anilines is 1. The number of alkyl halides is 1. The number of halogens is 2. The van der Waals surface area contributed by atoms with E-state index in [1.165, 1.54) is 12.1 Å². The summed E-state index contributed by atoms with van der Waals surface area (Å²) in [4.78, 5) is 32.7. The Labute approximate surface area is 239 Å². The molecule has 4 aromatic rings. The lowest BCUT2D eigenvalue weighted by Gasteiger charge is -2.37. The van der Waals surface area contributed by atoms with E-state index in [0.29, 0.717) is 41.5 Å². The Morgan fingerprint density at radius 1 is 1.07 bits per heavy atom. The minimum atomic E-state index is -1.01. The number of pyridine rings is 1. The fourth-order valence-electron chi connectivity index (χ4n) is 5.46. The molecule has 1 fully saturated rings. The summed E-state index contributed by atoms with van der Waals surface area (Å²) in [7, 11) is 0. The van der Waals surface area contributed by atoms with Gasteiger partial charge in [-0.05, 0) is 37.1 Å². The van der Waals surface area contributed by atoms with Crippen LogP contribution in [0.2, 0.25) is 0 Å². The van der Waals surface area contributed by atoms with Gasteiger partial charge in [0.2, 0.25) is 16.9 Å². The van der Waals surface area contributed by atoms with Gasteiger partial charge >= 0.3 is 0 Å². The van der Waals surface area contributed by atoms with Gasteiger partial charge < -0.3 is 15.0 Å². The molecule has 210 valence electrons. The predicted molar refractivity (Wildman–Crippen MR) is 150 cm³/mol. The Morgan fingerprint density at radius 2 is 1.85 bits per heavy atom. The first kappa shape index (κ1) is 26.9. The van der Waals surface area contributed by atoms with E-state index in [1.54, 1.807) is 17.0 Å². The lowest BCUT2D eigenvalue weighted by Crippen LogP contribution is -2.38. The molecule has 2 amide bonds. The van der Waals surface area contributed by atoms with Crippen molar-refractivity contribution in [3.63, 3.8) is 0 Å². The van der Waals surface area contributed by atoms with Crippen molar-refractivity contribution in [2.24, 2.45) is 5.41 Å². The minimum Gasteiger partial charge on any atom is -0.438 e. The Hall–Kier alpha value is -4.25. The van der Waals surface area contributed by atoms with Crippen LogP contribution in [-0.2, 0) is 11.5 Å². The second-order valence-corrected chi connectivity index (χ2v) is 11.7. The van der Waals surface area contributed by atoms with E-state index in [2.05, 4.69) is 15.5 Å². The van der Waals surface area contributed by atoms with E-state index in [0.717, 1.165) is 29.7 Å². The van der Waals surface area contributed by atoms with Gasteiger partial charge in [-0.15, -0.1) is 10.2 Å². The molecule has 0 aliphatic carbocycles. The highest BCUT2D eigenvalue weighted by atomic mass is 32.1. The van der Waals surface area contributed by atoms with Crippen molar-refractivity contribution in [3.05, 3.63) is 82.1 Å². The molecule has 8 nitrogen and oxygen atoms in total. The van der Waals surface area contributed by atoms with Gasteiger partial charge in [0.15, 0.2) is 0 Å². The molecule has 6 rings (SSSR count). The Balaban J connectivity index is 1.33. The number of fused-ring (bicyclic) bond motifs is 2. The highest BCUT2D eigenvalue weighted by Crippen LogP contribution is 2.52. The van der Waals surface area contributed by atoms with Gasteiger partial charge in [0, 0.05) is 35.7 Å². The van der Waals surface area contributed by atoms with Crippen molar-refractivity contribution in [3.8, 4) is 22.9 Å². The standard InChI is InChI=1S/C30H27F2N5O3S/c1-30(2,28(39)34-29-36-35-24(16-31)41-29)25-19-7-3-4-8-23(19)40-26-20(25)11-12-22(33-26)17-9-10-18(21(32)15-17)27(38)37-13-5-6-14-37/h3-4,7-12,15,25H,5-6,13-14,16H2,1-2H3,(H,34,36,39)/t25-/m0/s1. The molecule has 2 aromatic heterocycles. The van der Waals surface area contributed by atoms with E-state index >= 15 is 4.39 Å². The molecule has 4 heterocycles. The summed E-state index contributed by atoms with van der Waals surface area (Å²) in [6.45, 7) is 4.15. The molecule has 1 N–H and O–H groups in total. The van der Waals surface area contributed by atoms with Gasteiger partial charge in [0.05, 0.1) is 16.7 Å². The van der Waals surface area contributed by atoms with Crippen molar-refractivity contribution >= 4 is 28.3 Å². The van der Waals surface area contributed by atoms with Crippen LogP contribution >= 0.6 is 11.3 Å². The van der Waals surface area contributed by atoms with Gasteiger partial charge in [-0.25, -0.2) is 13.8 Å². The van der Waals surface area contributed by atoms with Crippen LogP contribution in [0.25, 0.3) is 11.3 Å². The third-order valence-electron chi connectivity index (χ3n) is 7.63. The number of hydrogen-bond acceptors (Lipinski definition) is 7. The third-order valence-corrected chi connectivity index (χ3v) is 8.44. The number of rotatable bonds is 6. The molecule has 41 heavy (non-hydrogen) atoms. The molecule has 1 atom stereocenters. The summed E-state index contributed by atoms with van der Waals surface area (Å²) in [5, 5.41) is 10.8. The molecule has 0 radical (unpaired) electrons. The van der Waals surface area contributed by atoms with Gasteiger partial charge in [-0.2, -0.15) is 0 Å². The minimum absolute atomic E-state index is 0.0423. The number of likely N-dealkylation sites (tertiary alicyclic amines) is 1. The number of carbonyl (C=O) groups excluding carboxylic acids is 2. The van der Waals surface area contributed by atoms with E-state index in [9.17, 15) is 14.0 Å². The zero-order valence-electron chi connectivity index (χ0n) is 22.5. The maximum absolute atomic E-state index is 15.1. The number of carbonyl (C=O) groups is 2. The van der Waals surface area contributed by atoms with Gasteiger partial charge in [-0.3, -0.25) is 9.59 Å². The fraction of sp³-hybridized carbons (Fsp3) is 0.300. The van der Waals surface area contributed by atoms with E-state index < -0.39 is 23.8 Å². The molecular weight excluding hydrogens is 548 g/mol. The molecule has 0 spiro atoms. The van der Waals surface area contributed by atoms with Crippen LogP contribution in [-0.4, -0.2) is 45.0 Å². The SMILES string of the molecule is CC(C)(C(=O)Nc1nnc(CF)s1)[C@H]1c2ccccc2Oc2nc(-c3ccc(C(=O)N4CCCC4)c(F)c3)ccc21. The molecule has 0 bridgehead atoms. The first-order valence-electron chi connectivity index (χ1n) is 13.3. The maximum atomic E-state index is 15.1. The molecule has 0 saturated carbocycles. The number of para-hydroxylation sites is 1. The quantitative estimate of drug-likeness (QED) is 0.288. The van der Waals surface area contributed by atoms with Crippen molar-refractivity contribution in [2.75, 3.05) is 18.4 Å². The third kappa shape index (κ3) is 4.94. The highest BCUT2D eigenvalue weighted by molar-refractivity contribution is 7.15. The smallest absolute Gasteiger partial charge is 0.256 e. The number of hydrogen-bond donors (Lipinski definition) is 1. The number of benzene rings is 2. The first-order chi connectivity index (χ1) is 19.8. The fourth-order valence-corrected chi connectivity index (χ4v) is 6.05. The zero-order valence-corrected chi connectivity index (χ0v) is 23.3. The molecule has 2 aliphatic heterocycles. The lowest BCUT2D eigenvalue weighted by molar-refractivity contribution is -0.124. The summed E-state index contributed by atoms with van der Waals surface area (Å²) in [5.74, 6) is -0.814. The van der Waals surface area contributed by atoms with Crippen LogP contribution in [0.3, 0.4) is 0 Å². The molecule has 11 heteroatoms. The second-order valence-electron chi connectivity index (χ2n) is 10.7. The summed E-state index contributed by atoms with van der Waals surface area (Å²) >= 11 is 0.985. The van der Waals surface area contributed by atoms with Crippen LogP contribution in [0.5, 0.6) is 11.6 Å². The number of amides is 2. The topological polar surface area (TPSA) is 97.3 Å². The normalized spacial score (nSPS) is 16.1. The van der Waals surface area contributed by atoms with Crippen LogP contribution in [0.4, 0.5) is 13.9 Å². The highest BCUT2D eigenvalue weighted by Gasteiger charge is 2.44. The van der Waals surface area contributed by atoms with Crippen LogP contribution in [0, 0.1) is 11.2 Å². The molecule has 2 aromatic carbocycles. The monoisotopic (exact) mass is 575 g/mol. The number of ether oxygens (including phenoxy) is 1. The van der Waals surface area contributed by atoms with Crippen molar-refractivity contribution in [2.45, 2.75) is 39.3 Å². The number of aromatic nitrogens is 3. The van der Waals surface area contributed by atoms with Crippen molar-refractivity contribution < 1.29 is 23.1 Å². The van der Waals surface area contributed by atoms with Crippen LogP contribution < -0.4 is 10.1 Å². The van der Waals surface area contributed by atoms with Gasteiger partial charge in [-0.1, -0.05) is 55.5 Å². The second kappa shape index (κ2) is 10.6. The number of nitrogens with one attached hydrogen (secondary N) is 1. The maximum Gasteiger partial charge on any atom is 0.256 e. The van der Waals surface area contributed by atoms with E-state index in [4.69, 9.17) is 9.72 Å². The summed E-state index contributed by atoms with van der Waals surface area (Å²) in [6, 6.07) is 15.5. The molecule has 1 saturated heterocycles. The average Bonchev–Trinajstić information content (AvgIpc) is 3.68. The van der Waals surface area contributed by atoms with Gasteiger partial charge in [0.1, 0.15) is 23.2 Å². The summed E-state index contributed by atoms with van der Waals surface area (Å²) in [5.41, 5.74) is 1.50. The molecule has 2 aliphatic rings. The Morgan fingerprint density at radius 3 is 2.59 bits per heavy atom. The first-order valence-corrected chi connectivity index (χ1v) is 14.1. The zero-order chi connectivity index (χ0) is 28.7. The Bertz CT molecular complexity index is 1650. The Kier molecular flexibility index (Phi) is 6.98. The molecular formula is C30H27F2N5O3S. The van der Waals surface area contributed by atoms with E-state index in [1.807, 2.05) is 44.2 Å². The summed E-state index contributed by atoms with van der Waals surface area (Å²) < 4.78 is 34.3. The molecule has 0 unspecified atom stereocenters. The summed E-state index contributed by atoms with van der Waals surface area (Å²) in [6.07, 6.45) is 1.85. The van der Waals surface area contributed by atoms with E-state index in [-0.39, 0.29) is 27.5 Å². The van der Waals surface area contributed by atoms with Crippen molar-refractivity contribution in [1.29, 1.82) is 0 Å².